The first-order valence-corrected chi connectivity index (χ1v) is 48.8. The number of aromatic amines is 2. The number of aromatic nitrogens is 2. The first-order valence-electron chi connectivity index (χ1n) is 41.9. The molecule has 0 saturated heterocycles. The van der Waals surface area contributed by atoms with Crippen LogP contribution in [0.3, 0.4) is 0 Å². The van der Waals surface area contributed by atoms with Gasteiger partial charge in [0.05, 0.1) is 15.8 Å². The third-order valence-corrected chi connectivity index (χ3v) is 32.4. The molecule has 3 amide bonds. The molecule has 19 heteroatoms. The van der Waals surface area contributed by atoms with Gasteiger partial charge in [0.15, 0.2) is 0 Å². The Morgan fingerprint density at radius 1 is 0.405 bits per heavy atom. The van der Waals surface area contributed by atoms with Crippen LogP contribution in [-0.2, 0) is 46.5 Å². The number of nitrogens with one attached hydrogen (secondary N) is 6. The van der Waals surface area contributed by atoms with E-state index in [0.29, 0.717) is 48.8 Å². The van der Waals surface area contributed by atoms with Crippen molar-refractivity contribution in [1.82, 2.24) is 25.6 Å². The molecule has 1 atom stereocenters. The van der Waals surface area contributed by atoms with E-state index in [0.717, 1.165) is 22.3 Å². The molecule has 0 radical (unpaired) electrons. The summed E-state index contributed by atoms with van der Waals surface area (Å²) >= 11 is 0. The molecule has 126 heavy (non-hydrogen) atoms. The number of sulfonamides is 1. The maximum atomic E-state index is 13.7. The van der Waals surface area contributed by atoms with Crippen LogP contribution in [0.25, 0.3) is 22.0 Å². The number of fused-ring (bicyclic) bond motifs is 1. The van der Waals surface area contributed by atoms with Gasteiger partial charge in [0.25, 0.3) is 5.56 Å². The second-order valence-corrected chi connectivity index (χ2v) is 40.9. The average Bonchev–Trinajstić information content (AvgIpc) is 1.27. The number of benzene rings is 15. The number of carbonyl (C=O) groups excluding carboxylic acids is 2. The molecule has 0 bridgehead atoms. The van der Waals surface area contributed by atoms with Crippen LogP contribution in [-0.4, -0.2) is 60.3 Å². The van der Waals surface area contributed by atoms with Gasteiger partial charge in [-0.3, -0.25) is 24.6 Å². The molecule has 1 saturated carbocycles. The fourth-order valence-corrected chi connectivity index (χ4v) is 25.5. The molecule has 0 unspecified atom stereocenters. The van der Waals surface area contributed by atoms with Crippen molar-refractivity contribution in [1.29, 1.82) is 0 Å². The van der Waals surface area contributed by atoms with Crippen molar-refractivity contribution in [3.63, 3.8) is 0 Å². The van der Waals surface area contributed by atoms with Crippen LogP contribution in [0.5, 0.6) is 0 Å². The van der Waals surface area contributed by atoms with Gasteiger partial charge in [-0.05, 0) is 200 Å². The summed E-state index contributed by atoms with van der Waals surface area (Å²) in [6.45, 7) is 5.73. The van der Waals surface area contributed by atoms with Crippen LogP contribution >= 0.6 is 31.7 Å². The third-order valence-electron chi connectivity index (χ3n) is 21.0. The Kier molecular flexibility index (Phi) is 35.5. The monoisotopic (exact) mass is 1840 g/mol. The largest absolute Gasteiger partial charge is 0.465 e. The van der Waals surface area contributed by atoms with Crippen LogP contribution in [0.4, 0.5) is 10.5 Å². The van der Waals surface area contributed by atoms with Gasteiger partial charge < -0.3 is 21.1 Å². The van der Waals surface area contributed by atoms with Crippen molar-refractivity contribution in [2.75, 3.05) is 11.9 Å². The molecule has 0 aliphatic heterocycles. The zero-order valence-corrected chi connectivity index (χ0v) is 76.3. The quantitative estimate of drug-likeness (QED) is 0.0230. The first kappa shape index (κ1) is 93.2. The Balaban J connectivity index is 0.000000155. The van der Waals surface area contributed by atoms with Crippen molar-refractivity contribution in [2.45, 2.75) is 69.9 Å². The SMILES string of the molecule is Cc1cc(S(=O)(=O)NC(C)C)ccc1-c1ccc(C[C@H](NC(=O)[C@H]2CC[C@H](CNC(=O)O)CC2)C(=O)Nc2ccc3c(=O)[nH][nH]c3c2)cc1.[Pd].c1ccc(P(c2ccccc2)c2ccccc2)cc1.c1ccc(P(c2ccccc2)c2ccccc2)cc1.c1ccc(P(c2ccccc2)c2ccccc2)cc1.c1ccc(P(c2ccccc2)c2ccccc2)cc1. The maximum absolute atomic E-state index is 13.7. The molecule has 15 aromatic carbocycles. The number of amides is 3. The Labute approximate surface area is 758 Å². The molecule has 17 rings (SSSR count). The summed E-state index contributed by atoms with van der Waals surface area (Å²) < 4.78 is 27.9. The normalized spacial score (nSPS) is 13.0. The Morgan fingerprint density at radius 3 is 1.02 bits per heavy atom. The van der Waals surface area contributed by atoms with E-state index in [1.807, 2.05) is 31.2 Å². The average molecular weight is 1850 g/mol. The molecular formula is C107H102N6O7P4PdS. The summed E-state index contributed by atoms with van der Waals surface area (Å²) in [5.74, 6) is -0.792. The number of hydrogen-bond acceptors (Lipinski definition) is 6. The molecule has 1 fully saturated rings. The number of carboxylic acid groups (broad SMARTS) is 1. The molecule has 1 aliphatic carbocycles. The molecule has 1 aromatic heterocycles. The van der Waals surface area contributed by atoms with Gasteiger partial charge in [-0.15, -0.1) is 0 Å². The number of H-pyrrole nitrogens is 2. The van der Waals surface area contributed by atoms with E-state index in [4.69, 9.17) is 5.11 Å². The summed E-state index contributed by atoms with van der Waals surface area (Å²) in [5, 5.41) is 39.7. The van der Waals surface area contributed by atoms with E-state index in [1.165, 1.54) is 63.7 Å². The van der Waals surface area contributed by atoms with Crippen LogP contribution in [0, 0.1) is 18.8 Å². The molecule has 16 aromatic rings. The van der Waals surface area contributed by atoms with Crippen molar-refractivity contribution >= 4 is 140 Å². The third kappa shape index (κ3) is 26.8. The van der Waals surface area contributed by atoms with Gasteiger partial charge in [-0.25, -0.2) is 17.9 Å². The van der Waals surface area contributed by atoms with Crippen molar-refractivity contribution in [2.24, 2.45) is 11.8 Å². The molecule has 0 spiro atoms. The minimum absolute atomic E-state index is 0. The van der Waals surface area contributed by atoms with Gasteiger partial charge in [0, 0.05) is 51.0 Å². The van der Waals surface area contributed by atoms with Gasteiger partial charge in [-0.2, -0.15) is 0 Å². The van der Waals surface area contributed by atoms with Crippen LogP contribution in [0.15, 0.2) is 434 Å². The second kappa shape index (κ2) is 48.0. The van der Waals surface area contributed by atoms with Crippen molar-refractivity contribution < 1.29 is 48.3 Å². The molecular weight excluding hydrogens is 1740 g/mol. The minimum Gasteiger partial charge on any atom is -0.465 e. The Bertz CT molecular complexity index is 5330. The van der Waals surface area contributed by atoms with E-state index in [2.05, 4.69) is 395 Å². The van der Waals surface area contributed by atoms with E-state index in [-0.39, 0.29) is 61.1 Å². The Hall–Kier alpha value is -11.9. The molecule has 1 heterocycles. The molecule has 638 valence electrons. The molecule has 7 N–H and O–H groups in total. The summed E-state index contributed by atoms with van der Waals surface area (Å²) in [5.41, 5.74) is 4.05. The van der Waals surface area contributed by atoms with E-state index < -0.39 is 59.8 Å². The van der Waals surface area contributed by atoms with Gasteiger partial charge in [0.2, 0.25) is 21.8 Å². The van der Waals surface area contributed by atoms with Gasteiger partial charge >= 0.3 is 6.09 Å². The van der Waals surface area contributed by atoms with E-state index in [9.17, 15) is 27.6 Å². The van der Waals surface area contributed by atoms with Crippen LogP contribution in [0.2, 0.25) is 0 Å². The summed E-state index contributed by atoms with van der Waals surface area (Å²) in [6.07, 6.45) is 1.71. The number of aryl methyl sites for hydroxylation is 1. The smallest absolute Gasteiger partial charge is 0.404 e. The van der Waals surface area contributed by atoms with E-state index >= 15 is 0 Å². The van der Waals surface area contributed by atoms with Crippen molar-refractivity contribution in [3.8, 4) is 11.1 Å². The van der Waals surface area contributed by atoms with Crippen LogP contribution in [0.1, 0.15) is 50.7 Å². The van der Waals surface area contributed by atoms with Gasteiger partial charge in [-0.1, -0.05) is 394 Å². The van der Waals surface area contributed by atoms with Crippen LogP contribution < -0.4 is 89.9 Å². The maximum Gasteiger partial charge on any atom is 0.404 e. The summed E-state index contributed by atoms with van der Waals surface area (Å²) in [7, 11) is -5.42. The Morgan fingerprint density at radius 2 is 0.722 bits per heavy atom. The fourth-order valence-electron chi connectivity index (χ4n) is 15.0. The fraction of sp³-hybridized carbons (Fsp3) is 0.121. The zero-order chi connectivity index (χ0) is 87.0. The standard InChI is InChI=1S/C35H42N6O7S.4C18H15P.Pd/c1-20(2)41-49(47,48)27-13-15-28(21(3)16-27)24-8-4-22(5-9-24)17-31(34(44)37-26-12-14-29-30(18-26)39-40-33(29)43)38-32(42)25-10-6-23(7-11-25)19-36-35(45)46;4*1-4-10-16(11-5-1)19(17-12-6-2-7-13-17)18-14-8-3-9-15-18;/h4-5,8-9,12-16,18,20,23,25,31,36,41H,6-7,10-11,17,19H2,1-3H3,(H,37,44)(H,38,42)(H,45,46)(H2,39,40,43);4*1-15H;/t23-,25-,31-;;;;;/m0...../s1. The molecule has 13 nitrogen and oxygen atoms in total. The van der Waals surface area contributed by atoms with E-state index in [1.54, 1.807) is 50.2 Å². The summed E-state index contributed by atoms with van der Waals surface area (Å²) in [6, 6.07) is 146. The predicted octanol–water partition coefficient (Wildman–Crippen LogP) is 18.0. The topological polar surface area (TPSA) is 202 Å². The minimum atomic E-state index is -3.63. The summed E-state index contributed by atoms with van der Waals surface area (Å²) in [4.78, 5) is 50.1. The number of carbonyl (C=O) groups is 3. The van der Waals surface area contributed by atoms with Crippen molar-refractivity contribution in [3.05, 3.63) is 446 Å². The number of rotatable bonds is 24. The second-order valence-electron chi connectivity index (χ2n) is 30.3. The molecule has 1 aliphatic rings. The zero-order valence-electron chi connectivity index (χ0n) is 70.4. The first-order chi connectivity index (χ1) is 61.1. The predicted molar refractivity (Wildman–Crippen MR) is 527 cm³/mol. The number of hydrogen-bond donors (Lipinski definition) is 7. The van der Waals surface area contributed by atoms with Gasteiger partial charge in [0.1, 0.15) is 6.04 Å². The number of anilines is 1.